The van der Waals surface area contributed by atoms with Crippen LogP contribution in [0.4, 0.5) is 0 Å². The summed E-state index contributed by atoms with van der Waals surface area (Å²) in [6.45, 7) is 2.57. The van der Waals surface area contributed by atoms with Crippen LogP contribution in [0.25, 0.3) is 0 Å². The van der Waals surface area contributed by atoms with Crippen LogP contribution < -0.4 is 4.72 Å². The molecule has 0 unspecified atom stereocenters. The molecule has 4 rings (SSSR count). The van der Waals surface area contributed by atoms with Crippen molar-refractivity contribution < 1.29 is 22.6 Å². The second kappa shape index (κ2) is 8.10. The smallest absolute Gasteiger partial charge is 0.241 e. The van der Waals surface area contributed by atoms with E-state index < -0.39 is 33.8 Å². The quantitative estimate of drug-likeness (QED) is 0.723. The third-order valence-corrected chi connectivity index (χ3v) is 6.95. The number of ether oxygens (including phenoxy) is 3. The van der Waals surface area contributed by atoms with Crippen molar-refractivity contribution in [3.8, 4) is 0 Å². The van der Waals surface area contributed by atoms with Gasteiger partial charge < -0.3 is 14.2 Å². The third-order valence-electron chi connectivity index (χ3n) is 4.96. The van der Waals surface area contributed by atoms with Gasteiger partial charge in [0, 0.05) is 0 Å². The summed E-state index contributed by atoms with van der Waals surface area (Å²) in [5, 5.41) is -0.629. The predicted octanol–water partition coefficient (Wildman–Crippen LogP) is 2.59. The lowest BCUT2D eigenvalue weighted by atomic mass is 10.0. The molecule has 0 radical (unpaired) electrons. The number of nitrogens with one attached hydrogen (secondary N) is 1. The number of sulfonamides is 1. The normalized spacial score (nSPS) is 29.7. The number of alkyl halides is 1. The highest BCUT2D eigenvalue weighted by Gasteiger charge is 2.51. The SMILES string of the molecule is Cc1ccc(S(=O)(=O)N[C@H]2[C@@H]3OC[C@@H](O3)[C@@H](OCc3ccccc3)[C@@H]2Cl)cc1. The van der Waals surface area contributed by atoms with E-state index in [9.17, 15) is 8.42 Å². The Hall–Kier alpha value is -1.48. The maximum absolute atomic E-state index is 12.8. The molecule has 0 spiro atoms. The van der Waals surface area contributed by atoms with Crippen molar-refractivity contribution in [3.63, 3.8) is 0 Å². The molecule has 5 atom stereocenters. The average Bonchev–Trinajstić information content (AvgIpc) is 3.12. The Balaban J connectivity index is 1.49. The van der Waals surface area contributed by atoms with Gasteiger partial charge in [-0.15, -0.1) is 11.6 Å². The van der Waals surface area contributed by atoms with Gasteiger partial charge in [0.15, 0.2) is 6.29 Å². The van der Waals surface area contributed by atoms with Crippen LogP contribution >= 0.6 is 11.6 Å². The molecule has 0 amide bonds. The number of benzene rings is 2. The van der Waals surface area contributed by atoms with E-state index in [1.807, 2.05) is 37.3 Å². The number of halogens is 1. The Bertz CT molecular complexity index is 906. The van der Waals surface area contributed by atoms with Gasteiger partial charge in [-0.25, -0.2) is 13.1 Å². The summed E-state index contributed by atoms with van der Waals surface area (Å²) in [6.07, 6.45) is -1.55. The second-order valence-corrected chi connectivity index (χ2v) is 9.26. The molecule has 1 N–H and O–H groups in total. The number of rotatable bonds is 6. The molecule has 2 aromatic carbocycles. The molecule has 2 saturated heterocycles. The minimum Gasteiger partial charge on any atom is -0.369 e. The maximum Gasteiger partial charge on any atom is 0.241 e. The molecule has 28 heavy (non-hydrogen) atoms. The Morgan fingerprint density at radius 3 is 2.57 bits per heavy atom. The number of fused-ring (bicyclic) bond motifs is 2. The summed E-state index contributed by atoms with van der Waals surface area (Å²) in [6, 6.07) is 15.6. The summed E-state index contributed by atoms with van der Waals surface area (Å²) in [4.78, 5) is 0.170. The topological polar surface area (TPSA) is 73.9 Å². The predicted molar refractivity (Wildman–Crippen MR) is 105 cm³/mol. The van der Waals surface area contributed by atoms with Crippen molar-refractivity contribution in [2.75, 3.05) is 6.61 Å². The minimum atomic E-state index is -3.77. The summed E-state index contributed by atoms with van der Waals surface area (Å²) >= 11 is 6.65. The van der Waals surface area contributed by atoms with E-state index in [0.29, 0.717) is 13.2 Å². The van der Waals surface area contributed by atoms with Gasteiger partial charge in [-0.05, 0) is 24.6 Å². The molecule has 8 heteroatoms. The fourth-order valence-corrected chi connectivity index (χ4v) is 5.15. The maximum atomic E-state index is 12.8. The first-order chi connectivity index (χ1) is 13.4. The highest BCUT2D eigenvalue weighted by atomic mass is 35.5. The molecule has 2 aromatic rings. The second-order valence-electron chi connectivity index (χ2n) is 7.04. The van der Waals surface area contributed by atoms with Gasteiger partial charge in [-0.1, -0.05) is 48.0 Å². The van der Waals surface area contributed by atoms with Crippen molar-refractivity contribution in [2.24, 2.45) is 0 Å². The van der Waals surface area contributed by atoms with Gasteiger partial charge in [0.1, 0.15) is 12.2 Å². The molecule has 2 aliphatic heterocycles. The Kier molecular flexibility index (Phi) is 5.73. The average molecular weight is 424 g/mol. The lowest BCUT2D eigenvalue weighted by Crippen LogP contribution is -2.59. The highest BCUT2D eigenvalue weighted by Crippen LogP contribution is 2.34. The van der Waals surface area contributed by atoms with Crippen molar-refractivity contribution in [2.45, 2.75) is 48.3 Å². The van der Waals surface area contributed by atoms with Crippen LogP contribution in [0.1, 0.15) is 11.1 Å². The molecular formula is C20H22ClNO5S. The van der Waals surface area contributed by atoms with Crippen molar-refractivity contribution in [3.05, 3.63) is 65.7 Å². The first kappa shape index (κ1) is 19.8. The molecule has 0 aromatic heterocycles. The van der Waals surface area contributed by atoms with Gasteiger partial charge >= 0.3 is 0 Å². The minimum absolute atomic E-state index is 0.170. The number of aryl methyl sites for hydroxylation is 1. The molecule has 2 heterocycles. The summed E-state index contributed by atoms with van der Waals surface area (Å²) in [5.41, 5.74) is 1.98. The van der Waals surface area contributed by atoms with E-state index in [1.165, 1.54) is 0 Å². The van der Waals surface area contributed by atoms with E-state index in [0.717, 1.165) is 11.1 Å². The highest BCUT2D eigenvalue weighted by molar-refractivity contribution is 7.89. The molecule has 0 saturated carbocycles. The van der Waals surface area contributed by atoms with Gasteiger partial charge in [0.25, 0.3) is 0 Å². The molecule has 2 bridgehead atoms. The monoisotopic (exact) mass is 423 g/mol. The summed E-state index contributed by atoms with van der Waals surface area (Å²) in [5.74, 6) is 0. The van der Waals surface area contributed by atoms with Crippen molar-refractivity contribution in [1.82, 2.24) is 4.72 Å². The molecule has 150 valence electrons. The van der Waals surface area contributed by atoms with Crippen LogP contribution in [0.15, 0.2) is 59.5 Å². The number of hydrogen-bond donors (Lipinski definition) is 1. The zero-order chi connectivity index (χ0) is 19.7. The molecule has 2 aliphatic rings. The van der Waals surface area contributed by atoms with Crippen LogP contribution in [-0.4, -0.2) is 44.9 Å². The van der Waals surface area contributed by atoms with Gasteiger partial charge in [-0.3, -0.25) is 0 Å². The van der Waals surface area contributed by atoms with Crippen LogP contribution in [0.5, 0.6) is 0 Å². The fourth-order valence-electron chi connectivity index (χ4n) is 3.41. The summed E-state index contributed by atoms with van der Waals surface area (Å²) < 4.78 is 45.7. The standard InChI is InChI=1S/C20H22ClNO5S/c1-13-7-9-15(10-8-13)28(23,24)22-18-17(21)19(16-12-26-20(18)27-16)25-11-14-5-3-2-4-6-14/h2-10,16-20,22H,11-12H2,1H3/t16-,17-,18-,19-,20-/m1/s1. The third kappa shape index (κ3) is 4.10. The van der Waals surface area contributed by atoms with Crippen LogP contribution in [0.2, 0.25) is 0 Å². The van der Waals surface area contributed by atoms with Gasteiger partial charge in [0.2, 0.25) is 10.0 Å². The van der Waals surface area contributed by atoms with E-state index in [2.05, 4.69) is 4.72 Å². The van der Waals surface area contributed by atoms with Crippen LogP contribution in [-0.2, 0) is 30.8 Å². The Morgan fingerprint density at radius 2 is 1.86 bits per heavy atom. The molecule has 6 nitrogen and oxygen atoms in total. The lowest BCUT2D eigenvalue weighted by Gasteiger charge is -2.37. The summed E-state index contributed by atoms with van der Waals surface area (Å²) in [7, 11) is -3.77. The lowest BCUT2D eigenvalue weighted by molar-refractivity contribution is -0.148. The van der Waals surface area contributed by atoms with E-state index >= 15 is 0 Å². The van der Waals surface area contributed by atoms with Crippen molar-refractivity contribution >= 4 is 21.6 Å². The van der Waals surface area contributed by atoms with Crippen molar-refractivity contribution in [1.29, 1.82) is 0 Å². The zero-order valence-corrected chi connectivity index (χ0v) is 16.9. The van der Waals surface area contributed by atoms with E-state index in [1.54, 1.807) is 24.3 Å². The van der Waals surface area contributed by atoms with Crippen LogP contribution in [0, 0.1) is 6.92 Å². The first-order valence-corrected chi connectivity index (χ1v) is 11.0. The fraction of sp³-hybridized carbons (Fsp3) is 0.400. The largest absolute Gasteiger partial charge is 0.369 e. The molecular weight excluding hydrogens is 402 g/mol. The van der Waals surface area contributed by atoms with Gasteiger partial charge in [-0.2, -0.15) is 0 Å². The Morgan fingerprint density at radius 1 is 1.14 bits per heavy atom. The van der Waals surface area contributed by atoms with Crippen LogP contribution in [0.3, 0.4) is 0 Å². The number of hydrogen-bond acceptors (Lipinski definition) is 5. The first-order valence-electron chi connectivity index (χ1n) is 9.10. The Labute approximate surface area is 169 Å². The molecule has 0 aliphatic carbocycles. The van der Waals surface area contributed by atoms with Gasteiger partial charge in [0.05, 0.1) is 29.5 Å². The van der Waals surface area contributed by atoms with E-state index in [-0.39, 0.29) is 11.0 Å². The van der Waals surface area contributed by atoms with E-state index in [4.69, 9.17) is 25.8 Å². The molecule has 2 fully saturated rings. The zero-order valence-electron chi connectivity index (χ0n) is 15.3.